The SMILES string of the molecule is CC(C)c1ccc(S(=O)(=O)NCC(F)(F)CN)cc1.Cl. The predicted octanol–water partition coefficient (Wildman–Crippen LogP) is 2.10. The predicted molar refractivity (Wildman–Crippen MR) is 77.0 cm³/mol. The minimum atomic E-state index is -3.93. The standard InChI is InChI=1S/C12H18F2N2O2S.ClH/c1-9(2)10-3-5-11(6-4-10)19(17,18)16-8-12(13,14)7-15;/h3-6,9,16H,7-8,15H2,1-2H3;1H. The van der Waals surface area contributed by atoms with E-state index in [2.05, 4.69) is 0 Å². The molecule has 1 rings (SSSR count). The van der Waals surface area contributed by atoms with Crippen molar-refractivity contribution in [2.24, 2.45) is 5.73 Å². The summed E-state index contributed by atoms with van der Waals surface area (Å²) in [7, 11) is -3.93. The van der Waals surface area contributed by atoms with Crippen molar-refractivity contribution in [3.05, 3.63) is 29.8 Å². The highest BCUT2D eigenvalue weighted by Gasteiger charge is 2.29. The zero-order chi connectivity index (χ0) is 14.7. The number of hydrogen-bond donors (Lipinski definition) is 2. The van der Waals surface area contributed by atoms with E-state index >= 15 is 0 Å². The van der Waals surface area contributed by atoms with Crippen molar-refractivity contribution in [3.8, 4) is 0 Å². The molecule has 8 heteroatoms. The number of halogens is 3. The average molecular weight is 329 g/mol. The molecule has 0 bridgehead atoms. The highest BCUT2D eigenvalue weighted by atomic mass is 35.5. The molecule has 0 aromatic heterocycles. The van der Waals surface area contributed by atoms with E-state index in [4.69, 9.17) is 5.73 Å². The van der Waals surface area contributed by atoms with Crippen LogP contribution in [-0.2, 0) is 10.0 Å². The van der Waals surface area contributed by atoms with Crippen molar-refractivity contribution < 1.29 is 17.2 Å². The van der Waals surface area contributed by atoms with Gasteiger partial charge in [-0.3, -0.25) is 0 Å². The van der Waals surface area contributed by atoms with Crippen LogP contribution < -0.4 is 10.5 Å². The Morgan fingerprint density at radius 3 is 2.15 bits per heavy atom. The lowest BCUT2D eigenvalue weighted by atomic mass is 10.0. The summed E-state index contributed by atoms with van der Waals surface area (Å²) in [6.45, 7) is 2.05. The Hall–Kier alpha value is -0.760. The first-order chi connectivity index (χ1) is 8.68. The van der Waals surface area contributed by atoms with Gasteiger partial charge in [-0.15, -0.1) is 12.4 Å². The number of nitrogens with one attached hydrogen (secondary N) is 1. The Morgan fingerprint density at radius 1 is 1.25 bits per heavy atom. The van der Waals surface area contributed by atoms with Crippen LogP contribution in [-0.4, -0.2) is 27.4 Å². The van der Waals surface area contributed by atoms with Crippen LogP contribution >= 0.6 is 12.4 Å². The van der Waals surface area contributed by atoms with Gasteiger partial charge in [-0.2, -0.15) is 0 Å². The minimum Gasteiger partial charge on any atom is -0.325 e. The molecule has 0 heterocycles. The molecule has 116 valence electrons. The summed E-state index contributed by atoms with van der Waals surface area (Å²) in [5, 5.41) is 0. The second kappa shape index (κ2) is 7.31. The molecule has 4 nitrogen and oxygen atoms in total. The number of alkyl halides is 2. The molecule has 1 aromatic carbocycles. The number of rotatable bonds is 6. The molecule has 3 N–H and O–H groups in total. The van der Waals surface area contributed by atoms with Gasteiger partial charge in [0, 0.05) is 0 Å². The molecule has 0 saturated carbocycles. The summed E-state index contributed by atoms with van der Waals surface area (Å²) in [6, 6.07) is 6.14. The zero-order valence-corrected chi connectivity index (χ0v) is 12.9. The molecular formula is C12H19ClF2N2O2S. The van der Waals surface area contributed by atoms with E-state index in [1.54, 1.807) is 12.1 Å². The Kier molecular flexibility index (Phi) is 7.03. The van der Waals surface area contributed by atoms with Crippen LogP contribution in [0.4, 0.5) is 8.78 Å². The maximum atomic E-state index is 12.9. The van der Waals surface area contributed by atoms with Gasteiger partial charge in [-0.25, -0.2) is 21.9 Å². The van der Waals surface area contributed by atoms with E-state index in [9.17, 15) is 17.2 Å². The molecule has 0 aliphatic rings. The van der Waals surface area contributed by atoms with E-state index in [0.717, 1.165) is 5.56 Å². The largest absolute Gasteiger partial charge is 0.325 e. The lowest BCUT2D eigenvalue weighted by molar-refractivity contribution is 0.0170. The highest BCUT2D eigenvalue weighted by Crippen LogP contribution is 2.18. The minimum absolute atomic E-state index is 0. The Labute approximate surface area is 124 Å². The van der Waals surface area contributed by atoms with Crippen LogP contribution in [0.5, 0.6) is 0 Å². The molecular weight excluding hydrogens is 310 g/mol. The zero-order valence-electron chi connectivity index (χ0n) is 11.3. The van der Waals surface area contributed by atoms with Gasteiger partial charge in [-0.05, 0) is 23.6 Å². The molecule has 0 unspecified atom stereocenters. The van der Waals surface area contributed by atoms with Gasteiger partial charge < -0.3 is 5.73 Å². The maximum Gasteiger partial charge on any atom is 0.273 e. The van der Waals surface area contributed by atoms with Crippen molar-refractivity contribution in [2.75, 3.05) is 13.1 Å². The van der Waals surface area contributed by atoms with Crippen LogP contribution in [0.2, 0.25) is 0 Å². The first kappa shape index (κ1) is 19.2. The molecule has 20 heavy (non-hydrogen) atoms. The highest BCUT2D eigenvalue weighted by molar-refractivity contribution is 7.89. The van der Waals surface area contributed by atoms with Gasteiger partial charge in [-0.1, -0.05) is 26.0 Å². The van der Waals surface area contributed by atoms with Crippen molar-refractivity contribution in [1.29, 1.82) is 0 Å². The fraction of sp³-hybridized carbons (Fsp3) is 0.500. The van der Waals surface area contributed by atoms with E-state index < -0.39 is 29.0 Å². The van der Waals surface area contributed by atoms with Gasteiger partial charge in [0.05, 0.1) is 18.0 Å². The van der Waals surface area contributed by atoms with Crippen LogP contribution in [0.25, 0.3) is 0 Å². The van der Waals surface area contributed by atoms with Crippen molar-refractivity contribution in [2.45, 2.75) is 30.6 Å². The van der Waals surface area contributed by atoms with Gasteiger partial charge in [0.1, 0.15) is 0 Å². The lowest BCUT2D eigenvalue weighted by Crippen LogP contribution is -2.41. The normalized spacial score (nSPS) is 12.3. The summed E-state index contributed by atoms with van der Waals surface area (Å²) in [5.74, 6) is -2.98. The van der Waals surface area contributed by atoms with Crippen LogP contribution in [0.1, 0.15) is 25.3 Å². The van der Waals surface area contributed by atoms with Gasteiger partial charge in [0.2, 0.25) is 10.0 Å². The molecule has 0 aliphatic carbocycles. The molecule has 0 spiro atoms. The first-order valence-corrected chi connectivity index (χ1v) is 7.34. The van der Waals surface area contributed by atoms with E-state index in [1.165, 1.54) is 12.1 Å². The monoisotopic (exact) mass is 328 g/mol. The summed E-state index contributed by atoms with van der Waals surface area (Å²) >= 11 is 0. The van der Waals surface area contributed by atoms with E-state index in [-0.39, 0.29) is 23.2 Å². The average Bonchev–Trinajstić information content (AvgIpc) is 2.37. The first-order valence-electron chi connectivity index (χ1n) is 5.85. The summed E-state index contributed by atoms with van der Waals surface area (Å²) in [5.41, 5.74) is 5.82. The third-order valence-corrected chi connectivity index (χ3v) is 4.09. The molecule has 0 fully saturated rings. The van der Waals surface area contributed by atoms with Gasteiger partial charge in [0.25, 0.3) is 5.92 Å². The molecule has 0 aliphatic heterocycles. The number of sulfonamides is 1. The Morgan fingerprint density at radius 2 is 1.75 bits per heavy atom. The molecule has 0 radical (unpaired) electrons. The van der Waals surface area contributed by atoms with Crippen molar-refractivity contribution in [1.82, 2.24) is 4.72 Å². The topological polar surface area (TPSA) is 72.2 Å². The van der Waals surface area contributed by atoms with Crippen LogP contribution in [0, 0.1) is 0 Å². The van der Waals surface area contributed by atoms with Gasteiger partial charge in [0.15, 0.2) is 0 Å². The lowest BCUT2D eigenvalue weighted by Gasteiger charge is -2.15. The third-order valence-electron chi connectivity index (χ3n) is 2.68. The van der Waals surface area contributed by atoms with Crippen LogP contribution in [0.3, 0.4) is 0 Å². The molecule has 0 saturated heterocycles. The fourth-order valence-electron chi connectivity index (χ4n) is 1.39. The van der Waals surface area contributed by atoms with E-state index in [1.807, 2.05) is 18.6 Å². The summed E-state index contributed by atoms with van der Waals surface area (Å²) in [4.78, 5) is -0.0373. The van der Waals surface area contributed by atoms with Crippen LogP contribution in [0.15, 0.2) is 29.2 Å². The number of hydrogen-bond acceptors (Lipinski definition) is 3. The molecule has 1 aromatic rings. The van der Waals surface area contributed by atoms with Crippen molar-refractivity contribution >= 4 is 22.4 Å². The quantitative estimate of drug-likeness (QED) is 0.840. The Bertz CT molecular complexity index is 519. The number of benzene rings is 1. The maximum absolute atomic E-state index is 12.9. The van der Waals surface area contributed by atoms with Gasteiger partial charge >= 0.3 is 0 Å². The second-order valence-electron chi connectivity index (χ2n) is 4.61. The molecule has 0 amide bonds. The van der Waals surface area contributed by atoms with E-state index in [0.29, 0.717) is 0 Å². The summed E-state index contributed by atoms with van der Waals surface area (Å²) in [6.07, 6.45) is 0. The fourth-order valence-corrected chi connectivity index (χ4v) is 2.45. The third kappa shape index (κ3) is 5.32. The van der Waals surface area contributed by atoms with Crippen molar-refractivity contribution in [3.63, 3.8) is 0 Å². The molecule has 0 atom stereocenters. The number of nitrogens with two attached hydrogens (primary N) is 1. The summed E-state index contributed by atoms with van der Waals surface area (Å²) < 4.78 is 51.3. The Balaban J connectivity index is 0.00000361. The second-order valence-corrected chi connectivity index (χ2v) is 6.38. The smallest absolute Gasteiger partial charge is 0.273 e.